The van der Waals surface area contributed by atoms with Crippen LogP contribution in [0.5, 0.6) is 0 Å². The van der Waals surface area contributed by atoms with Gasteiger partial charge in [0.2, 0.25) is 0 Å². The average Bonchev–Trinajstić information content (AvgIpc) is 2.87. The van der Waals surface area contributed by atoms with Crippen LogP contribution in [0.2, 0.25) is 0 Å². The first-order chi connectivity index (χ1) is 6.86. The highest BCUT2D eigenvalue weighted by molar-refractivity contribution is 7.10. The number of hydrogen-bond acceptors (Lipinski definition) is 3. The smallest absolute Gasteiger partial charge is 0.0888 e. The fraction of sp³-hybridized carbons (Fsp3) is 0.636. The Morgan fingerprint density at radius 3 is 3.29 bits per heavy atom. The largest absolute Gasteiger partial charge is 0.373 e. The van der Waals surface area contributed by atoms with E-state index in [0.29, 0.717) is 0 Å². The molecule has 1 aromatic rings. The highest BCUT2D eigenvalue weighted by Gasteiger charge is 2.16. The molecule has 1 aliphatic rings. The standard InChI is InChI=1S/C11H17NOS/c1-9(11-3-2-6-14-11)13-8-10-4-5-12-7-10/h2-3,6,9-10,12H,4-5,7-8H2,1H3/t9-,10+/m0/s1. The van der Waals surface area contributed by atoms with Crippen molar-refractivity contribution in [3.05, 3.63) is 22.4 Å². The van der Waals surface area contributed by atoms with Gasteiger partial charge in [-0.05, 0) is 37.3 Å². The lowest BCUT2D eigenvalue weighted by atomic mass is 10.1. The Morgan fingerprint density at radius 1 is 1.71 bits per heavy atom. The highest BCUT2D eigenvalue weighted by atomic mass is 32.1. The van der Waals surface area contributed by atoms with Crippen molar-refractivity contribution in [2.24, 2.45) is 5.92 Å². The van der Waals surface area contributed by atoms with E-state index in [4.69, 9.17) is 4.74 Å². The molecule has 0 spiro atoms. The van der Waals surface area contributed by atoms with Crippen LogP contribution in [0.3, 0.4) is 0 Å². The van der Waals surface area contributed by atoms with Crippen LogP contribution in [0.4, 0.5) is 0 Å². The number of rotatable bonds is 4. The molecule has 0 amide bonds. The predicted octanol–water partition coefficient (Wildman–Crippen LogP) is 2.44. The first kappa shape index (κ1) is 10.1. The second-order valence-corrected chi connectivity index (χ2v) is 4.83. The van der Waals surface area contributed by atoms with Gasteiger partial charge in [0.1, 0.15) is 0 Å². The third kappa shape index (κ3) is 2.56. The molecule has 2 heterocycles. The molecule has 1 aliphatic heterocycles. The van der Waals surface area contributed by atoms with Gasteiger partial charge in [0.15, 0.2) is 0 Å². The molecule has 14 heavy (non-hydrogen) atoms. The van der Waals surface area contributed by atoms with Crippen molar-refractivity contribution in [3.8, 4) is 0 Å². The van der Waals surface area contributed by atoms with Gasteiger partial charge in [-0.15, -0.1) is 11.3 Å². The third-order valence-electron chi connectivity index (χ3n) is 2.69. The van der Waals surface area contributed by atoms with Gasteiger partial charge in [-0.3, -0.25) is 0 Å². The van der Waals surface area contributed by atoms with Crippen LogP contribution in [0.1, 0.15) is 24.3 Å². The van der Waals surface area contributed by atoms with Gasteiger partial charge in [0.05, 0.1) is 12.7 Å². The fourth-order valence-electron chi connectivity index (χ4n) is 1.74. The summed E-state index contributed by atoms with van der Waals surface area (Å²) < 4.78 is 5.84. The molecule has 3 heteroatoms. The van der Waals surface area contributed by atoms with Gasteiger partial charge in [-0.1, -0.05) is 6.07 Å². The molecule has 2 rings (SSSR count). The Kier molecular flexibility index (Phi) is 3.56. The molecule has 78 valence electrons. The Bertz CT molecular complexity index is 254. The van der Waals surface area contributed by atoms with Crippen molar-refractivity contribution in [2.75, 3.05) is 19.7 Å². The van der Waals surface area contributed by atoms with Gasteiger partial charge in [0.25, 0.3) is 0 Å². The monoisotopic (exact) mass is 211 g/mol. The van der Waals surface area contributed by atoms with Crippen LogP contribution in [-0.2, 0) is 4.74 Å². The summed E-state index contributed by atoms with van der Waals surface area (Å²) in [7, 11) is 0. The minimum atomic E-state index is 0.260. The van der Waals surface area contributed by atoms with Crippen LogP contribution < -0.4 is 5.32 Å². The summed E-state index contributed by atoms with van der Waals surface area (Å²) >= 11 is 1.77. The Morgan fingerprint density at radius 2 is 2.64 bits per heavy atom. The summed E-state index contributed by atoms with van der Waals surface area (Å²) in [5, 5.41) is 5.46. The van der Waals surface area contributed by atoms with E-state index >= 15 is 0 Å². The van der Waals surface area contributed by atoms with Gasteiger partial charge in [-0.2, -0.15) is 0 Å². The van der Waals surface area contributed by atoms with Gasteiger partial charge < -0.3 is 10.1 Å². The molecule has 1 N–H and O–H groups in total. The van der Waals surface area contributed by atoms with Gasteiger partial charge in [0, 0.05) is 11.4 Å². The SMILES string of the molecule is C[C@H](OC[C@@H]1CCNC1)c1cccs1. The zero-order valence-electron chi connectivity index (χ0n) is 8.53. The highest BCUT2D eigenvalue weighted by Crippen LogP contribution is 2.23. The first-order valence-electron chi connectivity index (χ1n) is 5.22. The molecule has 0 aliphatic carbocycles. The lowest BCUT2D eigenvalue weighted by molar-refractivity contribution is 0.0456. The Hall–Kier alpha value is -0.380. The molecule has 1 aromatic heterocycles. The minimum absolute atomic E-state index is 0.260. The number of ether oxygens (including phenoxy) is 1. The number of nitrogens with one attached hydrogen (secondary N) is 1. The van der Waals surface area contributed by atoms with Crippen molar-refractivity contribution in [3.63, 3.8) is 0 Å². The number of thiophene rings is 1. The van der Waals surface area contributed by atoms with Crippen molar-refractivity contribution < 1.29 is 4.74 Å². The molecule has 2 atom stereocenters. The molecule has 2 nitrogen and oxygen atoms in total. The Labute approximate surface area is 89.3 Å². The van der Waals surface area contributed by atoms with Crippen molar-refractivity contribution >= 4 is 11.3 Å². The summed E-state index contributed by atoms with van der Waals surface area (Å²) in [5.41, 5.74) is 0. The average molecular weight is 211 g/mol. The molecule has 0 aromatic carbocycles. The van der Waals surface area contributed by atoms with Crippen molar-refractivity contribution in [1.82, 2.24) is 5.32 Å². The Balaban J connectivity index is 1.74. The predicted molar refractivity (Wildman–Crippen MR) is 59.7 cm³/mol. The third-order valence-corrected chi connectivity index (χ3v) is 3.72. The van der Waals surface area contributed by atoms with Crippen LogP contribution in [-0.4, -0.2) is 19.7 Å². The molecule has 0 saturated carbocycles. The molecule has 0 radical (unpaired) electrons. The second kappa shape index (κ2) is 4.91. The van der Waals surface area contributed by atoms with Crippen LogP contribution >= 0.6 is 11.3 Å². The van der Waals surface area contributed by atoms with Crippen LogP contribution in [0.15, 0.2) is 17.5 Å². The molecular weight excluding hydrogens is 194 g/mol. The topological polar surface area (TPSA) is 21.3 Å². The van der Waals surface area contributed by atoms with E-state index in [9.17, 15) is 0 Å². The van der Waals surface area contributed by atoms with E-state index in [1.54, 1.807) is 11.3 Å². The summed E-state index contributed by atoms with van der Waals surface area (Å²) in [6.07, 6.45) is 1.52. The quantitative estimate of drug-likeness (QED) is 0.826. The summed E-state index contributed by atoms with van der Waals surface area (Å²) in [4.78, 5) is 1.33. The zero-order valence-corrected chi connectivity index (χ0v) is 9.35. The minimum Gasteiger partial charge on any atom is -0.373 e. The lowest BCUT2D eigenvalue weighted by Crippen LogP contribution is -2.14. The molecule has 1 fully saturated rings. The van der Waals surface area contributed by atoms with Gasteiger partial charge >= 0.3 is 0 Å². The van der Waals surface area contributed by atoms with E-state index in [1.165, 1.54) is 11.3 Å². The van der Waals surface area contributed by atoms with Gasteiger partial charge in [-0.25, -0.2) is 0 Å². The maximum Gasteiger partial charge on any atom is 0.0888 e. The molecule has 1 saturated heterocycles. The van der Waals surface area contributed by atoms with E-state index in [2.05, 4.69) is 29.8 Å². The van der Waals surface area contributed by atoms with Crippen molar-refractivity contribution in [2.45, 2.75) is 19.4 Å². The van der Waals surface area contributed by atoms with E-state index < -0.39 is 0 Å². The summed E-state index contributed by atoms with van der Waals surface area (Å²) in [5.74, 6) is 0.720. The summed E-state index contributed by atoms with van der Waals surface area (Å²) in [6.45, 7) is 5.30. The van der Waals surface area contributed by atoms with Crippen LogP contribution in [0.25, 0.3) is 0 Å². The normalized spacial score (nSPS) is 23.9. The summed E-state index contributed by atoms with van der Waals surface area (Å²) in [6, 6.07) is 4.22. The zero-order chi connectivity index (χ0) is 9.80. The fourth-order valence-corrected chi connectivity index (χ4v) is 2.47. The van der Waals surface area contributed by atoms with E-state index in [-0.39, 0.29) is 6.10 Å². The van der Waals surface area contributed by atoms with Crippen LogP contribution in [0, 0.1) is 5.92 Å². The maximum absolute atomic E-state index is 5.84. The lowest BCUT2D eigenvalue weighted by Gasteiger charge is -2.14. The molecule has 0 unspecified atom stereocenters. The second-order valence-electron chi connectivity index (χ2n) is 3.85. The molecule has 0 bridgehead atoms. The van der Waals surface area contributed by atoms with E-state index in [0.717, 1.165) is 25.6 Å². The maximum atomic E-state index is 5.84. The number of hydrogen-bond donors (Lipinski definition) is 1. The molecular formula is C11H17NOS. The first-order valence-corrected chi connectivity index (χ1v) is 6.10. The van der Waals surface area contributed by atoms with Crippen molar-refractivity contribution in [1.29, 1.82) is 0 Å². The van der Waals surface area contributed by atoms with E-state index in [1.807, 2.05) is 0 Å².